The molecule has 0 bridgehead atoms. The summed E-state index contributed by atoms with van der Waals surface area (Å²) in [5, 5.41) is 3.53. The lowest BCUT2D eigenvalue weighted by atomic mass is 10.1. The fourth-order valence-electron chi connectivity index (χ4n) is 3.36. The number of sulfonamides is 1. The molecule has 1 heterocycles. The second kappa shape index (κ2) is 10.1. The van der Waals surface area contributed by atoms with Crippen LogP contribution in [0, 0.1) is 13.8 Å². The molecule has 7 nitrogen and oxygen atoms in total. The van der Waals surface area contributed by atoms with Gasteiger partial charge in [-0.25, -0.2) is 13.4 Å². The lowest BCUT2D eigenvalue weighted by Crippen LogP contribution is -2.16. The molecular formula is C25H24N4O3S2. The summed E-state index contributed by atoms with van der Waals surface area (Å²) in [6.45, 7) is 4.07. The first-order valence-corrected chi connectivity index (χ1v) is 13.0. The van der Waals surface area contributed by atoms with Crippen LogP contribution in [0.4, 0.5) is 11.4 Å². The summed E-state index contributed by atoms with van der Waals surface area (Å²) in [6, 6.07) is 20.9. The van der Waals surface area contributed by atoms with Crippen LogP contribution in [0.25, 0.3) is 5.69 Å². The first-order valence-electron chi connectivity index (χ1n) is 10.5. The molecule has 0 fully saturated rings. The molecule has 4 rings (SSSR count). The van der Waals surface area contributed by atoms with Crippen LogP contribution in [-0.2, 0) is 14.8 Å². The average Bonchev–Trinajstić information content (AvgIpc) is 3.28. The number of hydrogen-bond acceptors (Lipinski definition) is 5. The molecule has 0 unspecified atom stereocenters. The summed E-state index contributed by atoms with van der Waals surface area (Å²) < 4.78 is 29.6. The third kappa shape index (κ3) is 5.67. The van der Waals surface area contributed by atoms with Gasteiger partial charge in [-0.15, -0.1) is 0 Å². The van der Waals surface area contributed by atoms with Gasteiger partial charge in [0.1, 0.15) is 0 Å². The molecular weight excluding hydrogens is 468 g/mol. The predicted octanol–water partition coefficient (Wildman–Crippen LogP) is 5.02. The van der Waals surface area contributed by atoms with Crippen LogP contribution in [0.15, 0.2) is 95.2 Å². The number of amides is 1. The number of rotatable bonds is 8. The van der Waals surface area contributed by atoms with E-state index in [4.69, 9.17) is 0 Å². The molecule has 0 saturated heterocycles. The molecule has 0 aliphatic rings. The van der Waals surface area contributed by atoms with E-state index in [9.17, 15) is 13.2 Å². The van der Waals surface area contributed by atoms with Gasteiger partial charge in [-0.1, -0.05) is 48.2 Å². The third-order valence-corrected chi connectivity index (χ3v) is 7.38. The van der Waals surface area contributed by atoms with Gasteiger partial charge in [0.25, 0.3) is 10.0 Å². The van der Waals surface area contributed by atoms with Crippen molar-refractivity contribution in [1.29, 1.82) is 0 Å². The van der Waals surface area contributed by atoms with Gasteiger partial charge >= 0.3 is 0 Å². The minimum atomic E-state index is -3.71. The summed E-state index contributed by atoms with van der Waals surface area (Å²) in [7, 11) is -3.71. The maximum atomic E-state index is 12.6. The number of anilines is 2. The zero-order valence-corrected chi connectivity index (χ0v) is 20.4. The molecule has 0 aliphatic carbocycles. The zero-order valence-electron chi connectivity index (χ0n) is 18.7. The number of nitrogens with one attached hydrogen (secondary N) is 2. The van der Waals surface area contributed by atoms with E-state index in [1.165, 1.54) is 23.9 Å². The Hall–Kier alpha value is -3.56. The lowest BCUT2D eigenvalue weighted by molar-refractivity contribution is -0.113. The van der Waals surface area contributed by atoms with E-state index in [-0.39, 0.29) is 16.6 Å². The van der Waals surface area contributed by atoms with Crippen molar-refractivity contribution < 1.29 is 13.2 Å². The molecule has 0 saturated carbocycles. The fourth-order valence-corrected chi connectivity index (χ4v) is 5.20. The van der Waals surface area contributed by atoms with Gasteiger partial charge < -0.3 is 5.32 Å². The van der Waals surface area contributed by atoms with Crippen molar-refractivity contribution in [1.82, 2.24) is 9.55 Å². The quantitative estimate of drug-likeness (QED) is 0.337. The number of aromatic nitrogens is 2. The van der Waals surface area contributed by atoms with Crippen LogP contribution in [0.1, 0.15) is 11.1 Å². The first kappa shape index (κ1) is 23.6. The van der Waals surface area contributed by atoms with E-state index >= 15 is 0 Å². The SMILES string of the molecule is Cc1ccc(C)c(-n2ccnc2SCC(=O)Nc2cccc(NS(=O)(=O)c3ccccc3)c2)c1. The highest BCUT2D eigenvalue weighted by Gasteiger charge is 2.14. The Balaban J connectivity index is 1.40. The van der Waals surface area contributed by atoms with Crippen molar-refractivity contribution in [3.05, 3.63) is 96.3 Å². The van der Waals surface area contributed by atoms with E-state index in [1.54, 1.807) is 48.7 Å². The highest BCUT2D eigenvalue weighted by Crippen LogP contribution is 2.24. The molecule has 34 heavy (non-hydrogen) atoms. The van der Waals surface area contributed by atoms with Crippen molar-refractivity contribution in [2.24, 2.45) is 0 Å². The number of aryl methyl sites for hydroxylation is 2. The number of carbonyl (C=O) groups excluding carboxylic acids is 1. The van der Waals surface area contributed by atoms with Crippen molar-refractivity contribution in [2.75, 3.05) is 15.8 Å². The average molecular weight is 493 g/mol. The second-order valence-corrected chi connectivity index (χ2v) is 10.3. The number of benzene rings is 3. The van der Waals surface area contributed by atoms with Crippen LogP contribution in [-0.4, -0.2) is 29.6 Å². The number of nitrogens with zero attached hydrogens (tertiary/aromatic N) is 2. The smallest absolute Gasteiger partial charge is 0.261 e. The number of thioether (sulfide) groups is 1. The highest BCUT2D eigenvalue weighted by atomic mass is 32.2. The normalized spacial score (nSPS) is 11.2. The topological polar surface area (TPSA) is 93.1 Å². The van der Waals surface area contributed by atoms with Crippen LogP contribution in [0.2, 0.25) is 0 Å². The second-order valence-electron chi connectivity index (χ2n) is 7.71. The molecule has 9 heteroatoms. The van der Waals surface area contributed by atoms with Gasteiger partial charge in [-0.3, -0.25) is 14.1 Å². The van der Waals surface area contributed by atoms with Crippen LogP contribution < -0.4 is 10.0 Å². The molecule has 4 aromatic rings. The van der Waals surface area contributed by atoms with Gasteiger partial charge in [-0.05, 0) is 61.4 Å². The van der Waals surface area contributed by atoms with E-state index < -0.39 is 10.0 Å². The van der Waals surface area contributed by atoms with Gasteiger partial charge in [0.2, 0.25) is 5.91 Å². The van der Waals surface area contributed by atoms with E-state index in [2.05, 4.69) is 33.2 Å². The Morgan fingerprint density at radius 3 is 2.53 bits per heavy atom. The summed E-state index contributed by atoms with van der Waals surface area (Å²) >= 11 is 1.33. The van der Waals surface area contributed by atoms with E-state index in [1.807, 2.05) is 24.6 Å². The number of imidazole rings is 1. The summed E-state index contributed by atoms with van der Waals surface area (Å²) in [6.07, 6.45) is 3.59. The highest BCUT2D eigenvalue weighted by molar-refractivity contribution is 7.99. The van der Waals surface area contributed by atoms with Crippen LogP contribution in [0.5, 0.6) is 0 Å². The Kier molecular flexibility index (Phi) is 7.04. The summed E-state index contributed by atoms with van der Waals surface area (Å²) in [4.78, 5) is 17.1. The summed E-state index contributed by atoms with van der Waals surface area (Å²) in [5.41, 5.74) is 4.14. The first-order chi connectivity index (χ1) is 16.3. The molecule has 0 radical (unpaired) electrons. The molecule has 3 aromatic carbocycles. The predicted molar refractivity (Wildman–Crippen MR) is 136 cm³/mol. The number of carbonyl (C=O) groups is 1. The Labute approximate surface area is 203 Å². The summed E-state index contributed by atoms with van der Waals surface area (Å²) in [5.74, 6) is -0.0643. The minimum Gasteiger partial charge on any atom is -0.325 e. The van der Waals surface area contributed by atoms with Crippen molar-refractivity contribution in [3.8, 4) is 5.69 Å². The minimum absolute atomic E-state index is 0.155. The standard InChI is InChI=1S/C25H24N4O3S2/c1-18-11-12-19(2)23(15-18)29-14-13-26-25(29)33-17-24(30)27-20-7-6-8-21(16-20)28-34(31,32)22-9-4-3-5-10-22/h3-16,28H,17H2,1-2H3,(H,27,30). The molecule has 0 aliphatic heterocycles. The largest absolute Gasteiger partial charge is 0.325 e. The van der Waals surface area contributed by atoms with Crippen molar-refractivity contribution >= 4 is 39.1 Å². The van der Waals surface area contributed by atoms with E-state index in [0.29, 0.717) is 16.5 Å². The molecule has 0 spiro atoms. The van der Waals surface area contributed by atoms with Gasteiger partial charge in [-0.2, -0.15) is 0 Å². The molecule has 1 aromatic heterocycles. The fraction of sp³-hybridized carbons (Fsp3) is 0.120. The van der Waals surface area contributed by atoms with Crippen molar-refractivity contribution in [2.45, 2.75) is 23.9 Å². The third-order valence-electron chi connectivity index (χ3n) is 5.02. The Morgan fingerprint density at radius 1 is 0.971 bits per heavy atom. The van der Waals surface area contributed by atoms with Crippen LogP contribution in [0.3, 0.4) is 0 Å². The molecule has 1 amide bonds. The lowest BCUT2D eigenvalue weighted by Gasteiger charge is -2.12. The van der Waals surface area contributed by atoms with Gasteiger partial charge in [0.15, 0.2) is 5.16 Å². The molecule has 0 atom stereocenters. The maximum Gasteiger partial charge on any atom is 0.261 e. The van der Waals surface area contributed by atoms with Crippen molar-refractivity contribution in [3.63, 3.8) is 0 Å². The maximum absolute atomic E-state index is 12.6. The Bertz CT molecular complexity index is 1420. The van der Waals surface area contributed by atoms with E-state index in [0.717, 1.165) is 16.8 Å². The van der Waals surface area contributed by atoms with Gasteiger partial charge in [0, 0.05) is 18.1 Å². The number of hydrogen-bond donors (Lipinski definition) is 2. The van der Waals surface area contributed by atoms with Crippen LogP contribution >= 0.6 is 11.8 Å². The Morgan fingerprint density at radius 2 is 1.74 bits per heavy atom. The monoisotopic (exact) mass is 492 g/mol. The molecule has 2 N–H and O–H groups in total. The zero-order chi connectivity index (χ0) is 24.1. The molecule has 174 valence electrons. The van der Waals surface area contributed by atoms with Gasteiger partial charge in [0.05, 0.1) is 22.0 Å².